The predicted octanol–water partition coefficient (Wildman–Crippen LogP) is 0.202. The normalized spacial score (nSPS) is 11.1. The van der Waals surface area contributed by atoms with Crippen molar-refractivity contribution in [2.24, 2.45) is 0 Å². The molecule has 7 nitrogen and oxygen atoms in total. The van der Waals surface area contributed by atoms with E-state index in [9.17, 15) is 9.59 Å². The quantitative estimate of drug-likeness (QED) is 0.516. The molecule has 0 aliphatic carbocycles. The van der Waals surface area contributed by atoms with Crippen LogP contribution in [0.4, 0.5) is 4.79 Å². The summed E-state index contributed by atoms with van der Waals surface area (Å²) in [5, 5.41) is 13.8. The number of carbonyl (C=O) groups is 2. The van der Waals surface area contributed by atoms with E-state index in [0.29, 0.717) is 26.4 Å². The van der Waals surface area contributed by atoms with Crippen LogP contribution in [0.3, 0.4) is 0 Å². The molecule has 106 valence electrons. The van der Waals surface area contributed by atoms with Crippen LogP contribution < -0.4 is 10.6 Å². The fraction of sp³-hybridized carbons (Fsp3) is 0.818. The highest BCUT2D eigenvalue weighted by atomic mass is 16.5. The first-order chi connectivity index (χ1) is 8.37. The van der Waals surface area contributed by atoms with Crippen LogP contribution >= 0.6 is 0 Å². The number of amides is 2. The van der Waals surface area contributed by atoms with E-state index in [1.165, 1.54) is 0 Å². The maximum atomic E-state index is 11.4. The van der Waals surface area contributed by atoms with Crippen molar-refractivity contribution in [3.8, 4) is 0 Å². The van der Waals surface area contributed by atoms with Gasteiger partial charge in [-0.1, -0.05) is 0 Å². The standard InChI is InChI=1S/C11H22N2O5/c1-11(2,8-9(14)15)13-10(16)12-4-5-18-7-6-17-3/h4-8H2,1-3H3,(H,14,15)(H2,12,13,16). The maximum Gasteiger partial charge on any atom is 0.315 e. The zero-order valence-electron chi connectivity index (χ0n) is 11.1. The molecule has 0 saturated carbocycles. The molecular formula is C11H22N2O5. The first-order valence-electron chi connectivity index (χ1n) is 5.72. The molecule has 0 rings (SSSR count). The van der Waals surface area contributed by atoms with Gasteiger partial charge in [0.1, 0.15) is 0 Å². The van der Waals surface area contributed by atoms with Crippen LogP contribution in [0.5, 0.6) is 0 Å². The molecule has 18 heavy (non-hydrogen) atoms. The summed E-state index contributed by atoms with van der Waals surface area (Å²) in [6.45, 7) is 5.03. The van der Waals surface area contributed by atoms with Crippen LogP contribution in [0.25, 0.3) is 0 Å². The van der Waals surface area contributed by atoms with E-state index in [1.807, 2.05) is 0 Å². The van der Waals surface area contributed by atoms with Crippen LogP contribution in [-0.4, -0.2) is 56.1 Å². The van der Waals surface area contributed by atoms with E-state index in [0.717, 1.165) is 0 Å². The molecule has 0 saturated heterocycles. The van der Waals surface area contributed by atoms with Gasteiger partial charge in [0.05, 0.1) is 26.2 Å². The highest BCUT2D eigenvalue weighted by Crippen LogP contribution is 2.07. The first-order valence-corrected chi connectivity index (χ1v) is 5.72. The summed E-state index contributed by atoms with van der Waals surface area (Å²) in [4.78, 5) is 22.0. The van der Waals surface area contributed by atoms with Gasteiger partial charge in [-0.15, -0.1) is 0 Å². The van der Waals surface area contributed by atoms with E-state index in [1.54, 1.807) is 21.0 Å². The zero-order chi connectivity index (χ0) is 14.0. The number of carboxylic acids is 1. The molecule has 3 N–H and O–H groups in total. The molecule has 0 aromatic heterocycles. The Hall–Kier alpha value is -1.34. The van der Waals surface area contributed by atoms with Gasteiger partial charge in [0.15, 0.2) is 0 Å². The number of ether oxygens (including phenoxy) is 2. The number of rotatable bonds is 9. The summed E-state index contributed by atoms with van der Waals surface area (Å²) >= 11 is 0. The van der Waals surface area contributed by atoms with Crippen molar-refractivity contribution in [2.45, 2.75) is 25.8 Å². The van der Waals surface area contributed by atoms with E-state index >= 15 is 0 Å². The number of carboxylic acid groups (broad SMARTS) is 1. The fourth-order valence-corrected chi connectivity index (χ4v) is 1.25. The smallest absolute Gasteiger partial charge is 0.315 e. The molecule has 0 radical (unpaired) electrons. The third-order valence-electron chi connectivity index (χ3n) is 2.01. The number of methoxy groups -OCH3 is 1. The lowest BCUT2D eigenvalue weighted by molar-refractivity contribution is -0.138. The lowest BCUT2D eigenvalue weighted by Gasteiger charge is -2.24. The largest absolute Gasteiger partial charge is 0.481 e. The Morgan fingerprint density at radius 2 is 1.89 bits per heavy atom. The van der Waals surface area contributed by atoms with Crippen LogP contribution in [0.15, 0.2) is 0 Å². The summed E-state index contributed by atoms with van der Waals surface area (Å²) in [5.74, 6) is -0.955. The molecule has 0 aromatic rings. The molecular weight excluding hydrogens is 240 g/mol. The Morgan fingerprint density at radius 3 is 2.44 bits per heavy atom. The molecule has 2 amide bonds. The van der Waals surface area contributed by atoms with Gasteiger partial charge >= 0.3 is 12.0 Å². The van der Waals surface area contributed by atoms with Crippen LogP contribution in [0.2, 0.25) is 0 Å². The number of carbonyl (C=O) groups excluding carboxylic acids is 1. The van der Waals surface area contributed by atoms with Crippen molar-refractivity contribution in [1.29, 1.82) is 0 Å². The number of nitrogens with one attached hydrogen (secondary N) is 2. The highest BCUT2D eigenvalue weighted by molar-refractivity contribution is 5.76. The van der Waals surface area contributed by atoms with Crippen molar-refractivity contribution in [1.82, 2.24) is 10.6 Å². The summed E-state index contributed by atoms with van der Waals surface area (Å²) in [5.41, 5.74) is -0.785. The van der Waals surface area contributed by atoms with Gasteiger partial charge < -0.3 is 25.2 Å². The Bertz CT molecular complexity index is 268. The van der Waals surface area contributed by atoms with E-state index < -0.39 is 17.5 Å². The average Bonchev–Trinajstić information content (AvgIpc) is 2.20. The number of hydrogen-bond acceptors (Lipinski definition) is 4. The van der Waals surface area contributed by atoms with Gasteiger partial charge in [0.2, 0.25) is 0 Å². The summed E-state index contributed by atoms with van der Waals surface area (Å²) in [6.07, 6.45) is -0.134. The van der Waals surface area contributed by atoms with Gasteiger partial charge in [-0.2, -0.15) is 0 Å². The Labute approximate surface area is 107 Å². The molecule has 0 spiro atoms. The van der Waals surface area contributed by atoms with E-state index in [4.69, 9.17) is 14.6 Å². The van der Waals surface area contributed by atoms with Crippen molar-refractivity contribution in [3.63, 3.8) is 0 Å². The molecule has 0 heterocycles. The van der Waals surface area contributed by atoms with Gasteiger partial charge in [-0.3, -0.25) is 4.79 Å². The van der Waals surface area contributed by atoms with Gasteiger partial charge in [-0.05, 0) is 13.8 Å². The molecule has 0 aliphatic heterocycles. The van der Waals surface area contributed by atoms with Gasteiger partial charge in [0.25, 0.3) is 0 Å². The van der Waals surface area contributed by atoms with Crippen LogP contribution in [0, 0.1) is 0 Å². The van der Waals surface area contributed by atoms with Gasteiger partial charge in [0, 0.05) is 19.2 Å². The number of hydrogen-bond donors (Lipinski definition) is 3. The second kappa shape index (κ2) is 8.71. The topological polar surface area (TPSA) is 96.9 Å². The van der Waals surface area contributed by atoms with Crippen molar-refractivity contribution in [2.75, 3.05) is 33.5 Å². The minimum atomic E-state index is -0.955. The zero-order valence-corrected chi connectivity index (χ0v) is 11.1. The van der Waals surface area contributed by atoms with Crippen molar-refractivity contribution < 1.29 is 24.2 Å². The van der Waals surface area contributed by atoms with Crippen LogP contribution in [0.1, 0.15) is 20.3 Å². The summed E-state index contributed by atoms with van der Waals surface area (Å²) < 4.78 is 9.95. The van der Waals surface area contributed by atoms with E-state index in [2.05, 4.69) is 10.6 Å². The second-order valence-electron chi connectivity index (χ2n) is 4.44. The third-order valence-corrected chi connectivity index (χ3v) is 2.01. The molecule has 0 atom stereocenters. The average molecular weight is 262 g/mol. The number of urea groups is 1. The lowest BCUT2D eigenvalue weighted by Crippen LogP contribution is -2.50. The maximum absolute atomic E-state index is 11.4. The van der Waals surface area contributed by atoms with E-state index in [-0.39, 0.29) is 6.42 Å². The molecule has 0 aromatic carbocycles. The van der Waals surface area contributed by atoms with Crippen molar-refractivity contribution in [3.05, 3.63) is 0 Å². The minimum absolute atomic E-state index is 0.134. The molecule has 0 aliphatic rings. The predicted molar refractivity (Wildman–Crippen MR) is 65.6 cm³/mol. The SMILES string of the molecule is COCCOCCNC(=O)NC(C)(C)CC(=O)O. The Balaban J connectivity index is 3.67. The van der Waals surface area contributed by atoms with Crippen LogP contribution in [-0.2, 0) is 14.3 Å². The van der Waals surface area contributed by atoms with Gasteiger partial charge in [-0.25, -0.2) is 4.79 Å². The molecule has 0 bridgehead atoms. The third kappa shape index (κ3) is 9.86. The highest BCUT2D eigenvalue weighted by Gasteiger charge is 2.23. The Kier molecular flexibility index (Phi) is 8.06. The van der Waals surface area contributed by atoms with Crippen molar-refractivity contribution >= 4 is 12.0 Å². The lowest BCUT2D eigenvalue weighted by atomic mass is 10.0. The second-order valence-corrected chi connectivity index (χ2v) is 4.44. The minimum Gasteiger partial charge on any atom is -0.481 e. The Morgan fingerprint density at radius 1 is 1.22 bits per heavy atom. The fourth-order valence-electron chi connectivity index (χ4n) is 1.25. The first kappa shape index (κ1) is 16.7. The number of aliphatic carboxylic acids is 1. The summed E-state index contributed by atoms with van der Waals surface area (Å²) in [6, 6.07) is -0.406. The molecule has 0 fully saturated rings. The monoisotopic (exact) mass is 262 g/mol. The molecule has 7 heteroatoms. The summed E-state index contributed by atoms with van der Waals surface area (Å²) in [7, 11) is 1.58. The molecule has 0 unspecified atom stereocenters.